The van der Waals surface area contributed by atoms with Crippen molar-refractivity contribution in [3.05, 3.63) is 75.8 Å². The lowest BCUT2D eigenvalue weighted by Gasteiger charge is -2.31. The Morgan fingerprint density at radius 2 is 1.81 bits per heavy atom. The molecule has 0 aliphatic carbocycles. The second-order valence-corrected chi connectivity index (χ2v) is 10.5. The summed E-state index contributed by atoms with van der Waals surface area (Å²) < 4.78 is 6.65. The highest BCUT2D eigenvalue weighted by molar-refractivity contribution is 6.11. The molecule has 0 bridgehead atoms. The number of aryl methyl sites for hydroxylation is 1. The van der Waals surface area contributed by atoms with Crippen LogP contribution in [0.1, 0.15) is 68.8 Å². The van der Waals surface area contributed by atoms with Gasteiger partial charge in [-0.15, -0.1) is 0 Å². The zero-order valence-corrected chi connectivity index (χ0v) is 24.0. The Balaban J connectivity index is 1.65. The molecule has 0 radical (unpaired) electrons. The van der Waals surface area contributed by atoms with Gasteiger partial charge < -0.3 is 15.4 Å². The minimum absolute atomic E-state index is 0.0186. The summed E-state index contributed by atoms with van der Waals surface area (Å²) in [6.45, 7) is 4.27. The molecule has 1 fully saturated rings. The molecule has 0 spiro atoms. The standard InChI is InChI=1S/C31H37N5O6/c1-3-4-5-9-17-32-30(41)33-19-23-14-15-25-24(18-23)27(38)36(21(2)34-25)31(16-10-13-26(37)35-28(31)39)29(40)42-20-22-11-7-6-8-12-22/h6-8,11-12,14-15,18H,3-5,9-10,13,16-17,19-20H2,1-2H3,(H2,32,33,41)(H,35,37,39). The van der Waals surface area contributed by atoms with Gasteiger partial charge in [0.15, 0.2) is 0 Å². The highest BCUT2D eigenvalue weighted by atomic mass is 16.5. The van der Waals surface area contributed by atoms with E-state index in [0.717, 1.165) is 30.3 Å². The number of hydrogen-bond acceptors (Lipinski definition) is 7. The first-order chi connectivity index (χ1) is 20.3. The van der Waals surface area contributed by atoms with Crippen LogP contribution in [0.25, 0.3) is 10.9 Å². The van der Waals surface area contributed by atoms with Gasteiger partial charge in [-0.1, -0.05) is 62.6 Å². The van der Waals surface area contributed by atoms with Gasteiger partial charge in [-0.3, -0.25) is 24.3 Å². The molecule has 4 amide bonds. The number of urea groups is 1. The lowest BCUT2D eigenvalue weighted by Crippen LogP contribution is -2.58. The molecule has 42 heavy (non-hydrogen) atoms. The van der Waals surface area contributed by atoms with Gasteiger partial charge in [0.1, 0.15) is 12.4 Å². The normalized spacial score (nSPS) is 16.9. The van der Waals surface area contributed by atoms with Crippen molar-refractivity contribution in [1.29, 1.82) is 0 Å². The predicted octanol–water partition coefficient (Wildman–Crippen LogP) is 3.35. The molecule has 3 N–H and O–H groups in total. The fourth-order valence-corrected chi connectivity index (χ4v) is 5.15. The van der Waals surface area contributed by atoms with E-state index in [2.05, 4.69) is 27.9 Å². The highest BCUT2D eigenvalue weighted by Crippen LogP contribution is 2.30. The minimum atomic E-state index is -2.13. The number of fused-ring (bicyclic) bond motifs is 1. The van der Waals surface area contributed by atoms with E-state index in [9.17, 15) is 24.0 Å². The van der Waals surface area contributed by atoms with Crippen LogP contribution in [0.4, 0.5) is 4.79 Å². The summed E-state index contributed by atoms with van der Waals surface area (Å²) in [5.41, 5.74) is -1.04. The molecule has 11 heteroatoms. The molecule has 222 valence electrons. The van der Waals surface area contributed by atoms with Gasteiger partial charge in [0.2, 0.25) is 11.4 Å². The van der Waals surface area contributed by atoms with Crippen molar-refractivity contribution in [2.24, 2.45) is 0 Å². The molecule has 1 unspecified atom stereocenters. The molecule has 1 aliphatic heterocycles. The van der Waals surface area contributed by atoms with Crippen LogP contribution in [-0.2, 0) is 37.8 Å². The van der Waals surface area contributed by atoms with Crippen LogP contribution in [0.3, 0.4) is 0 Å². The Hall–Kier alpha value is -4.54. The number of carbonyl (C=O) groups is 4. The van der Waals surface area contributed by atoms with E-state index in [0.29, 0.717) is 23.2 Å². The number of aromatic nitrogens is 2. The average Bonchev–Trinajstić information content (AvgIpc) is 3.13. The third kappa shape index (κ3) is 6.84. The van der Waals surface area contributed by atoms with Crippen molar-refractivity contribution in [2.75, 3.05) is 6.54 Å². The number of nitrogens with zero attached hydrogens (tertiary/aromatic N) is 2. The van der Waals surface area contributed by atoms with Crippen LogP contribution in [-0.4, -0.2) is 39.9 Å². The van der Waals surface area contributed by atoms with Crippen molar-refractivity contribution in [3.63, 3.8) is 0 Å². The van der Waals surface area contributed by atoms with Crippen LogP contribution in [0.15, 0.2) is 53.3 Å². The predicted molar refractivity (Wildman–Crippen MR) is 156 cm³/mol. The van der Waals surface area contributed by atoms with Gasteiger partial charge in [0.05, 0.1) is 10.9 Å². The zero-order chi connectivity index (χ0) is 30.1. The summed E-state index contributed by atoms with van der Waals surface area (Å²) in [7, 11) is 0. The van der Waals surface area contributed by atoms with Crippen molar-refractivity contribution in [1.82, 2.24) is 25.5 Å². The largest absolute Gasteiger partial charge is 0.459 e. The Labute approximate surface area is 244 Å². The van der Waals surface area contributed by atoms with E-state index in [1.165, 1.54) is 6.92 Å². The smallest absolute Gasteiger partial charge is 0.342 e. The van der Waals surface area contributed by atoms with Crippen molar-refractivity contribution in [3.8, 4) is 0 Å². The van der Waals surface area contributed by atoms with Gasteiger partial charge in [-0.25, -0.2) is 14.6 Å². The van der Waals surface area contributed by atoms with E-state index in [1.807, 2.05) is 6.07 Å². The van der Waals surface area contributed by atoms with E-state index < -0.39 is 28.9 Å². The van der Waals surface area contributed by atoms with Crippen molar-refractivity contribution in [2.45, 2.75) is 77.5 Å². The van der Waals surface area contributed by atoms with E-state index in [-0.39, 0.29) is 49.7 Å². The third-order valence-corrected chi connectivity index (χ3v) is 7.37. The van der Waals surface area contributed by atoms with Crippen LogP contribution in [0.5, 0.6) is 0 Å². The number of benzene rings is 2. The molecule has 0 saturated carbocycles. The fraction of sp³-hybridized carbons (Fsp3) is 0.419. The zero-order valence-electron chi connectivity index (χ0n) is 24.0. The number of carbonyl (C=O) groups excluding carboxylic acids is 4. The summed E-state index contributed by atoms with van der Waals surface area (Å²) in [4.78, 5) is 70.4. The van der Waals surface area contributed by atoms with Crippen molar-refractivity contribution < 1.29 is 23.9 Å². The molecule has 4 rings (SSSR count). The number of amides is 4. The topological polar surface area (TPSA) is 148 Å². The summed E-state index contributed by atoms with van der Waals surface area (Å²) in [5, 5.41) is 8.04. The Bertz CT molecular complexity index is 1520. The minimum Gasteiger partial charge on any atom is -0.459 e. The van der Waals surface area contributed by atoms with Gasteiger partial charge in [-0.05, 0) is 49.4 Å². The number of imide groups is 1. The van der Waals surface area contributed by atoms with Crippen LogP contribution < -0.4 is 21.5 Å². The molecular formula is C31H37N5O6. The number of ether oxygens (including phenoxy) is 1. The maximum atomic E-state index is 14.0. The Morgan fingerprint density at radius 1 is 1.02 bits per heavy atom. The van der Waals surface area contributed by atoms with Gasteiger partial charge in [-0.2, -0.15) is 0 Å². The van der Waals surface area contributed by atoms with Gasteiger partial charge >= 0.3 is 12.0 Å². The first kappa shape index (κ1) is 30.4. The third-order valence-electron chi connectivity index (χ3n) is 7.37. The summed E-state index contributed by atoms with van der Waals surface area (Å²) in [6.07, 6.45) is 4.26. The molecule has 1 aromatic heterocycles. The number of rotatable bonds is 11. The quantitative estimate of drug-likeness (QED) is 0.137. The van der Waals surface area contributed by atoms with E-state index in [1.54, 1.807) is 42.5 Å². The van der Waals surface area contributed by atoms with Crippen LogP contribution in [0.2, 0.25) is 0 Å². The molecule has 1 aliphatic rings. The van der Waals surface area contributed by atoms with Gasteiger partial charge in [0, 0.05) is 19.5 Å². The summed E-state index contributed by atoms with van der Waals surface area (Å²) in [6, 6.07) is 13.6. The van der Waals surface area contributed by atoms with E-state index in [4.69, 9.17) is 4.74 Å². The lowest BCUT2D eigenvalue weighted by atomic mass is 9.91. The monoisotopic (exact) mass is 575 g/mol. The van der Waals surface area contributed by atoms with Crippen molar-refractivity contribution >= 4 is 34.7 Å². The molecule has 1 atom stereocenters. The molecule has 2 aromatic carbocycles. The van der Waals surface area contributed by atoms with Crippen LogP contribution in [0, 0.1) is 6.92 Å². The van der Waals surface area contributed by atoms with Gasteiger partial charge in [0.25, 0.3) is 11.5 Å². The first-order valence-electron chi connectivity index (χ1n) is 14.4. The van der Waals surface area contributed by atoms with Crippen LogP contribution >= 0.6 is 0 Å². The maximum Gasteiger partial charge on any atom is 0.342 e. The summed E-state index contributed by atoms with van der Waals surface area (Å²) in [5.74, 6) is -2.28. The molecular weight excluding hydrogens is 538 g/mol. The fourth-order valence-electron chi connectivity index (χ4n) is 5.15. The molecule has 3 aromatic rings. The van der Waals surface area contributed by atoms with E-state index >= 15 is 0 Å². The summed E-state index contributed by atoms with van der Waals surface area (Å²) >= 11 is 0. The lowest BCUT2D eigenvalue weighted by molar-refractivity contribution is -0.161. The Morgan fingerprint density at radius 3 is 2.57 bits per heavy atom. The SMILES string of the molecule is CCCCCCNC(=O)NCc1ccc2nc(C)n(C3(C(=O)OCc4ccccc4)CCCC(=O)NC3=O)c(=O)c2c1. The first-order valence-corrected chi connectivity index (χ1v) is 14.4. The molecule has 1 saturated heterocycles. The average molecular weight is 576 g/mol. The number of unbranched alkanes of at least 4 members (excludes halogenated alkanes) is 3. The second kappa shape index (κ2) is 13.9. The number of hydrogen-bond donors (Lipinski definition) is 3. The Kier molecular flexibility index (Phi) is 10.1. The second-order valence-electron chi connectivity index (χ2n) is 10.5. The number of esters is 1. The molecule has 11 nitrogen and oxygen atoms in total. The number of nitrogens with one attached hydrogen (secondary N) is 3. The molecule has 2 heterocycles. The maximum absolute atomic E-state index is 14.0. The highest BCUT2D eigenvalue weighted by Gasteiger charge is 2.52.